The van der Waals surface area contributed by atoms with Crippen molar-refractivity contribution < 1.29 is 14.3 Å². The smallest absolute Gasteiger partial charge is 0.226 e. The molecule has 0 aromatic heterocycles. The van der Waals surface area contributed by atoms with Crippen LogP contribution in [0.2, 0.25) is 0 Å². The second-order valence-corrected chi connectivity index (χ2v) is 7.08. The molecule has 3 rings (SSSR count). The molecule has 4 heteroatoms. The number of nitrogens with zero attached hydrogens (tertiary/aromatic N) is 1. The van der Waals surface area contributed by atoms with E-state index >= 15 is 0 Å². The molecule has 126 valence electrons. The van der Waals surface area contributed by atoms with E-state index in [1.54, 1.807) is 7.11 Å². The molecule has 4 nitrogen and oxygen atoms in total. The lowest BCUT2D eigenvalue weighted by Crippen LogP contribution is -2.44. The van der Waals surface area contributed by atoms with E-state index in [2.05, 4.69) is 19.1 Å². The van der Waals surface area contributed by atoms with Crippen molar-refractivity contribution in [1.82, 2.24) is 4.90 Å². The van der Waals surface area contributed by atoms with Gasteiger partial charge in [-0.25, -0.2) is 0 Å². The van der Waals surface area contributed by atoms with Gasteiger partial charge in [-0.05, 0) is 42.7 Å². The Labute approximate surface area is 138 Å². The van der Waals surface area contributed by atoms with Gasteiger partial charge in [0.05, 0.1) is 25.7 Å². The molecule has 1 aromatic rings. The molecule has 0 radical (unpaired) electrons. The number of aryl methyl sites for hydroxylation is 1. The Morgan fingerprint density at radius 3 is 2.78 bits per heavy atom. The third-order valence-electron chi connectivity index (χ3n) is 5.42. The van der Waals surface area contributed by atoms with Crippen LogP contribution in [0.4, 0.5) is 0 Å². The Morgan fingerprint density at radius 2 is 2.09 bits per heavy atom. The van der Waals surface area contributed by atoms with E-state index in [9.17, 15) is 4.79 Å². The summed E-state index contributed by atoms with van der Waals surface area (Å²) < 4.78 is 11.1. The molecule has 1 amide bonds. The molecule has 0 N–H and O–H groups in total. The largest absolute Gasteiger partial charge is 0.382 e. The second-order valence-electron chi connectivity index (χ2n) is 7.08. The zero-order valence-electron chi connectivity index (χ0n) is 14.2. The van der Waals surface area contributed by atoms with Crippen molar-refractivity contribution >= 4 is 5.91 Å². The van der Waals surface area contributed by atoms with Crippen molar-refractivity contribution in [2.45, 2.75) is 38.7 Å². The molecule has 2 saturated heterocycles. The van der Waals surface area contributed by atoms with Gasteiger partial charge in [-0.3, -0.25) is 4.79 Å². The van der Waals surface area contributed by atoms with E-state index in [1.807, 2.05) is 17.0 Å². The Hall–Kier alpha value is -1.39. The Morgan fingerprint density at radius 1 is 1.35 bits per heavy atom. The minimum atomic E-state index is 0.231. The minimum absolute atomic E-state index is 0.231. The maximum Gasteiger partial charge on any atom is 0.226 e. The van der Waals surface area contributed by atoms with Crippen LogP contribution in [0.5, 0.6) is 0 Å². The van der Waals surface area contributed by atoms with Crippen LogP contribution < -0.4 is 0 Å². The average Bonchev–Trinajstić information content (AvgIpc) is 2.93. The molecule has 0 aliphatic carbocycles. The molecule has 1 aromatic carbocycles. The quantitative estimate of drug-likeness (QED) is 0.857. The first-order valence-electron chi connectivity index (χ1n) is 8.55. The third kappa shape index (κ3) is 3.75. The predicted molar refractivity (Wildman–Crippen MR) is 89.4 cm³/mol. The Kier molecular flexibility index (Phi) is 5.02. The Bertz CT molecular complexity index is 549. The van der Waals surface area contributed by atoms with Crippen LogP contribution in [0.25, 0.3) is 0 Å². The number of methoxy groups -OCH3 is 1. The van der Waals surface area contributed by atoms with Gasteiger partial charge in [-0.15, -0.1) is 0 Å². The fraction of sp³-hybridized carbons (Fsp3) is 0.632. The summed E-state index contributed by atoms with van der Waals surface area (Å²) in [7, 11) is 1.72. The standard InChI is InChI=1S/C19H27NO3/c1-15-5-3-4-6-16(15)11-18(21)20-9-7-19(8-10-20)12-17(13-22-2)23-14-19/h3-6,17H,7-14H2,1-2H3. The molecule has 2 heterocycles. The molecule has 2 fully saturated rings. The summed E-state index contributed by atoms with van der Waals surface area (Å²) in [5.41, 5.74) is 2.60. The topological polar surface area (TPSA) is 38.8 Å². The van der Waals surface area contributed by atoms with Gasteiger partial charge in [0.25, 0.3) is 0 Å². The number of rotatable bonds is 4. The van der Waals surface area contributed by atoms with Crippen LogP contribution in [0.15, 0.2) is 24.3 Å². The number of carbonyl (C=O) groups excluding carboxylic acids is 1. The highest BCUT2D eigenvalue weighted by Crippen LogP contribution is 2.42. The number of likely N-dealkylation sites (tertiary alicyclic amines) is 1. The highest BCUT2D eigenvalue weighted by atomic mass is 16.5. The lowest BCUT2D eigenvalue weighted by molar-refractivity contribution is -0.132. The first-order chi connectivity index (χ1) is 11.1. The highest BCUT2D eigenvalue weighted by molar-refractivity contribution is 5.79. The van der Waals surface area contributed by atoms with E-state index in [1.165, 1.54) is 5.56 Å². The molecule has 23 heavy (non-hydrogen) atoms. The summed E-state index contributed by atoms with van der Waals surface area (Å²) in [6.07, 6.45) is 3.91. The van der Waals surface area contributed by atoms with Gasteiger partial charge in [0.2, 0.25) is 5.91 Å². The maximum atomic E-state index is 12.6. The molecular weight excluding hydrogens is 290 g/mol. The summed E-state index contributed by atoms with van der Waals surface area (Å²) in [6, 6.07) is 8.15. The number of benzene rings is 1. The van der Waals surface area contributed by atoms with Crippen LogP contribution in [0.3, 0.4) is 0 Å². The first-order valence-corrected chi connectivity index (χ1v) is 8.55. The SMILES string of the molecule is COCC1CC2(CCN(C(=O)Cc3ccccc3C)CC2)CO1. The van der Waals surface area contributed by atoms with Gasteiger partial charge in [0.15, 0.2) is 0 Å². The van der Waals surface area contributed by atoms with Gasteiger partial charge >= 0.3 is 0 Å². The third-order valence-corrected chi connectivity index (χ3v) is 5.42. The number of hydrogen-bond acceptors (Lipinski definition) is 3. The van der Waals surface area contributed by atoms with Crippen molar-refractivity contribution in [3.8, 4) is 0 Å². The van der Waals surface area contributed by atoms with Gasteiger partial charge in [-0.2, -0.15) is 0 Å². The number of piperidine rings is 1. The maximum absolute atomic E-state index is 12.6. The summed E-state index contributed by atoms with van der Waals surface area (Å²) in [6.45, 7) is 5.28. The average molecular weight is 317 g/mol. The van der Waals surface area contributed by atoms with Gasteiger partial charge in [0, 0.05) is 20.2 Å². The minimum Gasteiger partial charge on any atom is -0.382 e. The molecule has 2 aliphatic heterocycles. The van der Waals surface area contributed by atoms with E-state index in [4.69, 9.17) is 9.47 Å². The van der Waals surface area contributed by atoms with Crippen LogP contribution >= 0.6 is 0 Å². The normalized spacial score (nSPS) is 23.4. The molecule has 1 spiro atoms. The fourth-order valence-corrected chi connectivity index (χ4v) is 3.85. The summed E-state index contributed by atoms with van der Waals surface area (Å²) >= 11 is 0. The number of ether oxygens (including phenoxy) is 2. The fourth-order valence-electron chi connectivity index (χ4n) is 3.85. The molecular formula is C19H27NO3. The van der Waals surface area contributed by atoms with Crippen LogP contribution in [-0.2, 0) is 20.7 Å². The van der Waals surface area contributed by atoms with Crippen molar-refractivity contribution in [2.75, 3.05) is 33.4 Å². The highest BCUT2D eigenvalue weighted by Gasteiger charge is 2.42. The number of carbonyl (C=O) groups is 1. The predicted octanol–water partition coefficient (Wildman–Crippen LogP) is 2.58. The van der Waals surface area contributed by atoms with Crippen LogP contribution in [0, 0.1) is 12.3 Å². The van der Waals surface area contributed by atoms with Gasteiger partial charge < -0.3 is 14.4 Å². The summed E-state index contributed by atoms with van der Waals surface area (Å²) in [4.78, 5) is 14.6. The van der Waals surface area contributed by atoms with E-state index in [0.717, 1.165) is 44.5 Å². The molecule has 0 bridgehead atoms. The molecule has 0 saturated carbocycles. The Balaban J connectivity index is 1.53. The van der Waals surface area contributed by atoms with E-state index in [-0.39, 0.29) is 17.4 Å². The lowest BCUT2D eigenvalue weighted by atomic mass is 9.76. The second kappa shape index (κ2) is 7.02. The van der Waals surface area contributed by atoms with E-state index in [0.29, 0.717) is 13.0 Å². The number of hydrogen-bond donors (Lipinski definition) is 0. The van der Waals surface area contributed by atoms with Gasteiger partial charge in [-0.1, -0.05) is 24.3 Å². The summed E-state index contributed by atoms with van der Waals surface area (Å²) in [5, 5.41) is 0. The molecule has 1 unspecified atom stereocenters. The number of amides is 1. The van der Waals surface area contributed by atoms with Crippen LogP contribution in [-0.4, -0.2) is 50.3 Å². The van der Waals surface area contributed by atoms with E-state index < -0.39 is 0 Å². The van der Waals surface area contributed by atoms with Crippen LogP contribution in [0.1, 0.15) is 30.4 Å². The zero-order chi connectivity index (χ0) is 16.3. The first kappa shape index (κ1) is 16.5. The van der Waals surface area contributed by atoms with Gasteiger partial charge in [0.1, 0.15) is 0 Å². The van der Waals surface area contributed by atoms with Crippen molar-refractivity contribution in [3.63, 3.8) is 0 Å². The molecule has 1 atom stereocenters. The zero-order valence-corrected chi connectivity index (χ0v) is 14.2. The lowest BCUT2D eigenvalue weighted by Gasteiger charge is -2.38. The van der Waals surface area contributed by atoms with Crippen molar-refractivity contribution in [3.05, 3.63) is 35.4 Å². The van der Waals surface area contributed by atoms with Crippen molar-refractivity contribution in [2.24, 2.45) is 5.41 Å². The monoisotopic (exact) mass is 317 g/mol. The summed E-state index contributed by atoms with van der Waals surface area (Å²) in [5.74, 6) is 0.251. The van der Waals surface area contributed by atoms with Crippen molar-refractivity contribution in [1.29, 1.82) is 0 Å². The molecule has 2 aliphatic rings.